The molecule has 30 heavy (non-hydrogen) atoms. The average Bonchev–Trinajstić information content (AvgIpc) is 2.75. The molecule has 0 aliphatic rings. The summed E-state index contributed by atoms with van der Waals surface area (Å²) < 4.78 is 23.9. The Hall–Kier alpha value is -3.23. The van der Waals surface area contributed by atoms with E-state index in [9.17, 15) is 19.4 Å². The van der Waals surface area contributed by atoms with Gasteiger partial charge in [0.1, 0.15) is 23.1 Å². The molecule has 4 N–H and O–H groups in total. The smallest absolute Gasteiger partial charge is 0.334 e. The van der Waals surface area contributed by atoms with Crippen LogP contribution in [0.1, 0.15) is 10.8 Å². The second-order valence-corrected chi connectivity index (χ2v) is 7.53. The summed E-state index contributed by atoms with van der Waals surface area (Å²) in [6.07, 6.45) is -1.66. The number of ether oxygens (including phenoxy) is 2. The first-order valence-electron chi connectivity index (χ1n) is 8.92. The minimum atomic E-state index is -1.66. The maximum absolute atomic E-state index is 13.1. The number of nitrogens with two attached hydrogens (primary N) is 1. The maximum Gasteiger partial charge on any atom is 0.334 e. The number of halogens is 1. The van der Waals surface area contributed by atoms with Gasteiger partial charge in [-0.15, -0.1) is 11.8 Å². The first-order chi connectivity index (χ1) is 14.4. The normalized spacial score (nSPS) is 12.8. The lowest BCUT2D eigenvalue weighted by atomic mass is 10.1. The Bertz CT molecular complexity index is 1010. The predicted octanol–water partition coefficient (Wildman–Crippen LogP) is 4.49. The fraction of sp³-hybridized carbons (Fsp3) is 0.136. The number of aliphatic hydroxyl groups excluding tert-OH is 1. The molecule has 3 aromatic rings. The van der Waals surface area contributed by atoms with Crippen LogP contribution in [-0.2, 0) is 4.79 Å². The van der Waals surface area contributed by atoms with Gasteiger partial charge >= 0.3 is 5.97 Å². The van der Waals surface area contributed by atoms with Crippen molar-refractivity contribution in [1.82, 2.24) is 0 Å². The van der Waals surface area contributed by atoms with Gasteiger partial charge in [-0.2, -0.15) is 0 Å². The maximum atomic E-state index is 13.1. The Balaban J connectivity index is 1.89. The van der Waals surface area contributed by atoms with Gasteiger partial charge < -0.3 is 25.4 Å². The van der Waals surface area contributed by atoms with Crippen molar-refractivity contribution in [2.24, 2.45) is 0 Å². The Labute approximate surface area is 177 Å². The molecular formula is C22H20FNO5S. The fourth-order valence-electron chi connectivity index (χ4n) is 2.69. The number of carbonyl (C=O) groups is 1. The van der Waals surface area contributed by atoms with Crippen LogP contribution >= 0.6 is 11.8 Å². The fourth-order valence-corrected chi connectivity index (χ4v) is 3.89. The van der Waals surface area contributed by atoms with Crippen molar-refractivity contribution in [2.45, 2.75) is 16.2 Å². The molecule has 156 valence electrons. The molecule has 0 saturated heterocycles. The van der Waals surface area contributed by atoms with Crippen molar-refractivity contribution >= 4 is 23.4 Å². The van der Waals surface area contributed by atoms with Crippen molar-refractivity contribution in [3.63, 3.8) is 0 Å². The van der Waals surface area contributed by atoms with Crippen LogP contribution in [0.15, 0.2) is 71.6 Å². The van der Waals surface area contributed by atoms with Crippen molar-refractivity contribution in [1.29, 1.82) is 0 Å². The van der Waals surface area contributed by atoms with E-state index in [0.29, 0.717) is 33.4 Å². The summed E-state index contributed by atoms with van der Waals surface area (Å²) in [6, 6.07) is 17.2. The van der Waals surface area contributed by atoms with Gasteiger partial charge in [0.2, 0.25) is 0 Å². The zero-order valence-corrected chi connectivity index (χ0v) is 16.8. The molecule has 0 spiro atoms. The van der Waals surface area contributed by atoms with E-state index < -0.39 is 17.3 Å². The van der Waals surface area contributed by atoms with Crippen LogP contribution in [0.2, 0.25) is 0 Å². The highest BCUT2D eigenvalue weighted by Crippen LogP contribution is 2.42. The molecule has 0 saturated carbocycles. The van der Waals surface area contributed by atoms with E-state index in [1.54, 1.807) is 42.5 Å². The number of hydrogen-bond donors (Lipinski definition) is 3. The number of nitrogen functional groups attached to an aromatic ring is 1. The molecule has 0 aromatic heterocycles. The summed E-state index contributed by atoms with van der Waals surface area (Å²) in [5, 5.41) is 18.8. The van der Waals surface area contributed by atoms with Gasteiger partial charge in [-0.25, -0.2) is 9.18 Å². The summed E-state index contributed by atoms with van der Waals surface area (Å²) >= 11 is 1.11. The summed E-state index contributed by atoms with van der Waals surface area (Å²) in [4.78, 5) is 12.0. The molecule has 0 amide bonds. The number of rotatable bonds is 8. The van der Waals surface area contributed by atoms with Gasteiger partial charge in [-0.3, -0.25) is 0 Å². The summed E-state index contributed by atoms with van der Waals surface area (Å²) in [5.74, 6) is -0.228. The zero-order valence-electron chi connectivity index (χ0n) is 16.0. The number of hydrogen-bond acceptors (Lipinski definition) is 6. The second kappa shape index (κ2) is 9.51. The summed E-state index contributed by atoms with van der Waals surface area (Å²) in [5.41, 5.74) is 7.08. The first kappa shape index (κ1) is 21.5. The number of carboxylic acid groups (broad SMARTS) is 1. The number of carboxylic acids is 1. The summed E-state index contributed by atoms with van der Waals surface area (Å²) in [6.45, 7) is 0. The lowest BCUT2D eigenvalue weighted by Gasteiger charge is -2.21. The minimum absolute atomic E-state index is 0.374. The first-order valence-corrected chi connectivity index (χ1v) is 9.80. The molecule has 0 radical (unpaired) electrons. The van der Waals surface area contributed by atoms with Gasteiger partial charge in [-0.1, -0.05) is 12.1 Å². The van der Waals surface area contributed by atoms with Gasteiger partial charge in [0.15, 0.2) is 6.10 Å². The molecule has 0 bridgehead atoms. The zero-order chi connectivity index (χ0) is 21.7. The number of methoxy groups -OCH3 is 1. The number of anilines is 1. The molecule has 3 rings (SSSR count). The molecule has 0 unspecified atom stereocenters. The molecule has 8 heteroatoms. The third-order valence-electron chi connectivity index (χ3n) is 4.27. The Morgan fingerprint density at radius 1 is 1.00 bits per heavy atom. The number of aliphatic carboxylic acids is 1. The van der Waals surface area contributed by atoms with Crippen LogP contribution < -0.4 is 15.2 Å². The van der Waals surface area contributed by atoms with Crippen molar-refractivity contribution < 1.29 is 28.9 Å². The average molecular weight is 429 g/mol. The third kappa shape index (κ3) is 5.22. The molecule has 0 fully saturated rings. The van der Waals surface area contributed by atoms with E-state index in [4.69, 9.17) is 15.2 Å². The van der Waals surface area contributed by atoms with Gasteiger partial charge in [0, 0.05) is 10.6 Å². The van der Waals surface area contributed by atoms with Gasteiger partial charge in [0.25, 0.3) is 0 Å². The number of benzene rings is 3. The number of thioether (sulfide) groups is 1. The van der Waals surface area contributed by atoms with E-state index >= 15 is 0 Å². The van der Waals surface area contributed by atoms with Crippen LogP contribution in [0.25, 0.3) is 0 Å². The number of aliphatic hydroxyl groups is 1. The van der Waals surface area contributed by atoms with E-state index in [1.807, 2.05) is 0 Å². The highest BCUT2D eigenvalue weighted by Gasteiger charge is 2.29. The lowest BCUT2D eigenvalue weighted by Crippen LogP contribution is -2.26. The second-order valence-electron chi connectivity index (χ2n) is 6.35. The molecule has 2 atom stereocenters. The van der Waals surface area contributed by atoms with Crippen LogP contribution in [0.5, 0.6) is 17.2 Å². The molecule has 3 aromatic carbocycles. The molecular weight excluding hydrogens is 409 g/mol. The van der Waals surface area contributed by atoms with Gasteiger partial charge in [0.05, 0.1) is 12.4 Å². The van der Waals surface area contributed by atoms with E-state index in [0.717, 1.165) is 11.8 Å². The summed E-state index contributed by atoms with van der Waals surface area (Å²) in [7, 11) is 1.53. The van der Waals surface area contributed by atoms with E-state index in [2.05, 4.69) is 0 Å². The van der Waals surface area contributed by atoms with Crippen molar-refractivity contribution in [2.75, 3.05) is 12.8 Å². The standard InChI is InChI=1S/C22H20FNO5S/c1-28-15-6-2-13(3-7-15)21(20(25)22(26)27)30-19-12-17(10-11-18(19)24)29-16-8-4-14(23)5-9-16/h2-12,20-21,25H,24H2,1H3,(H,26,27)/t20-,21+/m1/s1. The van der Waals surface area contributed by atoms with E-state index in [1.165, 1.54) is 31.4 Å². The highest BCUT2D eigenvalue weighted by molar-refractivity contribution is 7.99. The quantitative estimate of drug-likeness (QED) is 0.358. The Morgan fingerprint density at radius 3 is 2.20 bits per heavy atom. The molecule has 0 aliphatic heterocycles. The van der Waals surface area contributed by atoms with Crippen LogP contribution in [-0.4, -0.2) is 29.4 Å². The SMILES string of the molecule is COc1ccc([C@H](Sc2cc(Oc3ccc(F)cc3)ccc2N)[C@@H](O)C(=O)O)cc1. The van der Waals surface area contributed by atoms with Crippen LogP contribution in [0, 0.1) is 5.82 Å². The van der Waals surface area contributed by atoms with Crippen LogP contribution in [0.3, 0.4) is 0 Å². The van der Waals surface area contributed by atoms with Gasteiger partial charge in [-0.05, 0) is 60.2 Å². The van der Waals surface area contributed by atoms with Crippen molar-refractivity contribution in [3.8, 4) is 17.2 Å². The molecule has 6 nitrogen and oxygen atoms in total. The Kier molecular flexibility index (Phi) is 6.81. The molecule has 0 heterocycles. The lowest BCUT2D eigenvalue weighted by molar-refractivity contribution is -0.146. The Morgan fingerprint density at radius 2 is 1.60 bits per heavy atom. The van der Waals surface area contributed by atoms with Crippen molar-refractivity contribution in [3.05, 3.63) is 78.1 Å². The monoisotopic (exact) mass is 429 g/mol. The predicted molar refractivity (Wildman–Crippen MR) is 113 cm³/mol. The third-order valence-corrected chi connectivity index (χ3v) is 5.66. The molecule has 0 aliphatic carbocycles. The topological polar surface area (TPSA) is 102 Å². The van der Waals surface area contributed by atoms with Crippen LogP contribution in [0.4, 0.5) is 10.1 Å². The highest BCUT2D eigenvalue weighted by atomic mass is 32.2. The minimum Gasteiger partial charge on any atom is -0.497 e. The largest absolute Gasteiger partial charge is 0.497 e. The van der Waals surface area contributed by atoms with E-state index in [-0.39, 0.29) is 5.82 Å².